The van der Waals surface area contributed by atoms with Crippen LogP contribution in [0, 0.1) is 5.92 Å². The molecule has 0 radical (unpaired) electrons. The van der Waals surface area contributed by atoms with Gasteiger partial charge in [-0.15, -0.1) is 0 Å². The molecule has 6 nitrogen and oxygen atoms in total. The summed E-state index contributed by atoms with van der Waals surface area (Å²) >= 11 is 0. The average molecular weight is 344 g/mol. The first-order chi connectivity index (χ1) is 12.2. The molecule has 1 atom stereocenters. The molecule has 3 rings (SSSR count). The molecule has 1 N–H and O–H groups in total. The maximum absolute atomic E-state index is 12.6. The molecule has 25 heavy (non-hydrogen) atoms. The topological polar surface area (TPSA) is 57.2 Å². The second-order valence-corrected chi connectivity index (χ2v) is 6.84. The van der Waals surface area contributed by atoms with Gasteiger partial charge < -0.3 is 19.9 Å². The second kappa shape index (κ2) is 8.34. The highest BCUT2D eigenvalue weighted by Gasteiger charge is 2.22. The normalized spacial score (nSPS) is 20.3. The highest BCUT2D eigenvalue weighted by Crippen LogP contribution is 2.18. The lowest BCUT2D eigenvalue weighted by Crippen LogP contribution is -2.47. The van der Waals surface area contributed by atoms with E-state index >= 15 is 0 Å². The number of rotatable bonds is 4. The Kier molecular flexibility index (Phi) is 5.91. The number of nitrogens with one attached hydrogen (secondary N) is 1. The first kappa shape index (κ1) is 17.7. The summed E-state index contributed by atoms with van der Waals surface area (Å²) in [6.45, 7) is 4.31. The number of fused-ring (bicyclic) bond motifs is 1. The SMILES string of the molecule is CN=C(NCC(=O)N1CCc2ccccc2C1)N(C)CC1CCOC1. The third-order valence-electron chi connectivity index (χ3n) is 5.01. The number of carbonyl (C=O) groups is 1. The van der Waals surface area contributed by atoms with Crippen LogP contribution in [0.15, 0.2) is 29.3 Å². The number of guanidine groups is 1. The summed E-state index contributed by atoms with van der Waals surface area (Å²) in [4.78, 5) is 20.9. The highest BCUT2D eigenvalue weighted by molar-refractivity contribution is 5.86. The van der Waals surface area contributed by atoms with Crippen LogP contribution in [0.25, 0.3) is 0 Å². The van der Waals surface area contributed by atoms with Crippen molar-refractivity contribution in [1.29, 1.82) is 0 Å². The zero-order valence-corrected chi connectivity index (χ0v) is 15.2. The summed E-state index contributed by atoms with van der Waals surface area (Å²) in [6.07, 6.45) is 2.02. The lowest BCUT2D eigenvalue weighted by Gasteiger charge is -2.30. The van der Waals surface area contributed by atoms with Crippen LogP contribution < -0.4 is 5.32 Å². The zero-order valence-electron chi connectivity index (χ0n) is 15.2. The summed E-state index contributed by atoms with van der Waals surface area (Å²) in [5.41, 5.74) is 2.61. The number of carbonyl (C=O) groups excluding carboxylic acids is 1. The standard InChI is InChI=1S/C19H28N4O2/c1-20-19(22(2)12-15-8-10-25-14-15)21-11-18(24)23-9-7-16-5-3-4-6-17(16)13-23/h3-6,15H,7-14H2,1-2H3,(H,20,21). The van der Waals surface area contributed by atoms with Crippen LogP contribution in [0.2, 0.25) is 0 Å². The van der Waals surface area contributed by atoms with Gasteiger partial charge in [-0.05, 0) is 24.0 Å². The Morgan fingerprint density at radius 3 is 2.92 bits per heavy atom. The van der Waals surface area contributed by atoms with Crippen LogP contribution >= 0.6 is 0 Å². The first-order valence-corrected chi connectivity index (χ1v) is 9.01. The van der Waals surface area contributed by atoms with Crippen molar-refractivity contribution < 1.29 is 9.53 Å². The molecule has 1 amide bonds. The summed E-state index contributed by atoms with van der Waals surface area (Å²) < 4.78 is 5.43. The molecular formula is C19H28N4O2. The molecule has 0 aliphatic carbocycles. The first-order valence-electron chi connectivity index (χ1n) is 9.01. The molecule has 2 aliphatic rings. The minimum Gasteiger partial charge on any atom is -0.381 e. The van der Waals surface area contributed by atoms with Crippen LogP contribution in [-0.2, 0) is 22.5 Å². The Bertz CT molecular complexity index is 626. The Balaban J connectivity index is 1.49. The van der Waals surface area contributed by atoms with Gasteiger partial charge in [-0.25, -0.2) is 0 Å². The molecule has 2 aliphatic heterocycles. The Hall–Kier alpha value is -2.08. The molecule has 1 saturated heterocycles. The lowest BCUT2D eigenvalue weighted by molar-refractivity contribution is -0.130. The van der Waals surface area contributed by atoms with Crippen LogP contribution in [-0.4, -0.2) is 68.6 Å². The third kappa shape index (κ3) is 4.51. The van der Waals surface area contributed by atoms with Gasteiger partial charge in [-0.1, -0.05) is 24.3 Å². The van der Waals surface area contributed by atoms with Crippen molar-refractivity contribution in [3.63, 3.8) is 0 Å². The average Bonchev–Trinajstić information content (AvgIpc) is 3.14. The Labute approximate surface area is 149 Å². The maximum Gasteiger partial charge on any atom is 0.242 e. The van der Waals surface area contributed by atoms with Gasteiger partial charge in [0.25, 0.3) is 0 Å². The molecule has 136 valence electrons. The van der Waals surface area contributed by atoms with E-state index in [1.807, 2.05) is 18.0 Å². The quantitative estimate of drug-likeness (QED) is 0.657. The van der Waals surface area contributed by atoms with Crippen LogP contribution in [0.4, 0.5) is 0 Å². The van der Waals surface area contributed by atoms with E-state index in [-0.39, 0.29) is 12.5 Å². The van der Waals surface area contributed by atoms with E-state index in [4.69, 9.17) is 4.74 Å². The molecule has 0 bridgehead atoms. The summed E-state index contributed by atoms with van der Waals surface area (Å²) in [5, 5.41) is 3.21. The van der Waals surface area contributed by atoms with Crippen molar-refractivity contribution in [3.8, 4) is 0 Å². The lowest BCUT2D eigenvalue weighted by atomic mass is 10.00. The van der Waals surface area contributed by atoms with Gasteiger partial charge in [-0.3, -0.25) is 9.79 Å². The molecule has 1 fully saturated rings. The predicted octanol–water partition coefficient (Wildman–Crippen LogP) is 1.12. The largest absolute Gasteiger partial charge is 0.381 e. The van der Waals surface area contributed by atoms with E-state index in [0.717, 1.165) is 45.1 Å². The number of amides is 1. The van der Waals surface area contributed by atoms with Gasteiger partial charge in [0.2, 0.25) is 5.91 Å². The van der Waals surface area contributed by atoms with Gasteiger partial charge in [0, 0.05) is 46.3 Å². The number of ether oxygens (including phenoxy) is 1. The molecule has 1 aromatic carbocycles. The van der Waals surface area contributed by atoms with Crippen molar-refractivity contribution in [1.82, 2.24) is 15.1 Å². The molecule has 1 aromatic rings. The van der Waals surface area contributed by atoms with Crippen molar-refractivity contribution in [2.75, 3.05) is 46.9 Å². The van der Waals surface area contributed by atoms with Gasteiger partial charge in [0.15, 0.2) is 5.96 Å². The molecule has 0 spiro atoms. The monoisotopic (exact) mass is 344 g/mol. The smallest absolute Gasteiger partial charge is 0.242 e. The molecular weight excluding hydrogens is 316 g/mol. The maximum atomic E-state index is 12.6. The van der Waals surface area contributed by atoms with Gasteiger partial charge >= 0.3 is 0 Å². The highest BCUT2D eigenvalue weighted by atomic mass is 16.5. The fourth-order valence-electron chi connectivity index (χ4n) is 3.56. The fraction of sp³-hybridized carbons (Fsp3) is 0.579. The third-order valence-corrected chi connectivity index (χ3v) is 5.01. The van der Waals surface area contributed by atoms with Crippen molar-refractivity contribution in [2.45, 2.75) is 19.4 Å². The number of nitrogens with zero attached hydrogens (tertiary/aromatic N) is 3. The minimum atomic E-state index is 0.119. The van der Waals surface area contributed by atoms with E-state index < -0.39 is 0 Å². The molecule has 6 heteroatoms. The van der Waals surface area contributed by atoms with Gasteiger partial charge in [0.05, 0.1) is 13.2 Å². The van der Waals surface area contributed by atoms with E-state index in [2.05, 4.69) is 33.4 Å². The van der Waals surface area contributed by atoms with E-state index in [1.165, 1.54) is 11.1 Å². The predicted molar refractivity (Wildman–Crippen MR) is 98.5 cm³/mol. The zero-order chi connectivity index (χ0) is 17.6. The van der Waals surface area contributed by atoms with E-state index in [1.54, 1.807) is 7.05 Å². The van der Waals surface area contributed by atoms with Crippen LogP contribution in [0.5, 0.6) is 0 Å². The number of benzene rings is 1. The Morgan fingerprint density at radius 1 is 1.40 bits per heavy atom. The van der Waals surface area contributed by atoms with Crippen molar-refractivity contribution in [2.24, 2.45) is 10.9 Å². The number of hydrogen-bond acceptors (Lipinski definition) is 3. The molecule has 2 heterocycles. The Morgan fingerprint density at radius 2 is 2.20 bits per heavy atom. The fourth-order valence-corrected chi connectivity index (χ4v) is 3.56. The van der Waals surface area contributed by atoms with Crippen molar-refractivity contribution in [3.05, 3.63) is 35.4 Å². The minimum absolute atomic E-state index is 0.119. The van der Waals surface area contributed by atoms with E-state index in [0.29, 0.717) is 12.5 Å². The summed E-state index contributed by atoms with van der Waals surface area (Å²) in [5.74, 6) is 1.42. The molecule has 0 aromatic heterocycles. The number of aliphatic imine (C=N–C) groups is 1. The van der Waals surface area contributed by atoms with Crippen LogP contribution in [0.1, 0.15) is 17.5 Å². The van der Waals surface area contributed by atoms with E-state index in [9.17, 15) is 4.79 Å². The number of hydrogen-bond donors (Lipinski definition) is 1. The van der Waals surface area contributed by atoms with Crippen molar-refractivity contribution >= 4 is 11.9 Å². The summed E-state index contributed by atoms with van der Waals surface area (Å²) in [7, 11) is 3.76. The molecule has 1 unspecified atom stereocenters. The van der Waals surface area contributed by atoms with Gasteiger partial charge in [0.1, 0.15) is 0 Å². The second-order valence-electron chi connectivity index (χ2n) is 6.84. The van der Waals surface area contributed by atoms with Crippen LogP contribution in [0.3, 0.4) is 0 Å². The molecule has 0 saturated carbocycles. The van der Waals surface area contributed by atoms with Gasteiger partial charge in [-0.2, -0.15) is 0 Å². The summed E-state index contributed by atoms with van der Waals surface area (Å²) in [6, 6.07) is 8.36.